The topological polar surface area (TPSA) is 55.6 Å². The summed E-state index contributed by atoms with van der Waals surface area (Å²) in [6, 6.07) is 8.34. The number of nitrogen functional groups attached to an aromatic ring is 1. The van der Waals surface area contributed by atoms with Gasteiger partial charge >= 0.3 is 5.97 Å². The van der Waals surface area contributed by atoms with E-state index in [1.54, 1.807) is 0 Å². The number of nitrogens with zero attached hydrogens (tertiary/aromatic N) is 1. The van der Waals surface area contributed by atoms with Gasteiger partial charge in [-0.2, -0.15) is 0 Å². The summed E-state index contributed by atoms with van der Waals surface area (Å²) < 4.78 is 5.25. The number of anilines is 1. The van der Waals surface area contributed by atoms with Crippen molar-refractivity contribution in [1.82, 2.24) is 4.90 Å². The van der Waals surface area contributed by atoms with Crippen LogP contribution in [0.2, 0.25) is 0 Å². The van der Waals surface area contributed by atoms with Crippen molar-refractivity contribution in [2.24, 2.45) is 0 Å². The maximum absolute atomic E-state index is 11.8. The largest absolute Gasteiger partial charge is 0.465 e. The molecule has 0 unspecified atom stereocenters. The highest BCUT2D eigenvalue weighted by molar-refractivity contribution is 5.71. The van der Waals surface area contributed by atoms with Crippen LogP contribution in [0.1, 0.15) is 38.2 Å². The smallest absolute Gasteiger partial charge is 0.320 e. The van der Waals surface area contributed by atoms with Crippen LogP contribution in [0.5, 0.6) is 0 Å². The van der Waals surface area contributed by atoms with Gasteiger partial charge in [0.2, 0.25) is 0 Å². The summed E-state index contributed by atoms with van der Waals surface area (Å²) in [5.74, 6) is -0.125. The fourth-order valence-electron chi connectivity index (χ4n) is 2.19. The molecule has 0 atom stereocenters. The lowest BCUT2D eigenvalue weighted by Gasteiger charge is -2.21. The summed E-state index contributed by atoms with van der Waals surface area (Å²) in [5, 5.41) is 0. The molecule has 110 valence electrons. The second-order valence-electron chi connectivity index (χ2n) is 5.41. The molecule has 2 rings (SSSR count). The SMILES string of the molecule is CCCCOC(=O)CN(Cc1ccccc1N)C1CC1. The Balaban J connectivity index is 1.88. The molecule has 1 fully saturated rings. The summed E-state index contributed by atoms with van der Waals surface area (Å²) in [4.78, 5) is 14.0. The first-order chi connectivity index (χ1) is 9.70. The maximum atomic E-state index is 11.8. The van der Waals surface area contributed by atoms with E-state index in [4.69, 9.17) is 10.5 Å². The fraction of sp³-hybridized carbons (Fsp3) is 0.562. The van der Waals surface area contributed by atoms with Crippen LogP contribution in [-0.4, -0.2) is 30.1 Å². The molecule has 1 aliphatic rings. The van der Waals surface area contributed by atoms with E-state index in [1.165, 1.54) is 0 Å². The lowest BCUT2D eigenvalue weighted by Crippen LogP contribution is -2.32. The van der Waals surface area contributed by atoms with Crippen LogP contribution >= 0.6 is 0 Å². The zero-order valence-electron chi connectivity index (χ0n) is 12.2. The summed E-state index contributed by atoms with van der Waals surface area (Å²) in [6.45, 7) is 3.70. The third kappa shape index (κ3) is 4.53. The molecule has 0 aromatic heterocycles. The molecule has 20 heavy (non-hydrogen) atoms. The van der Waals surface area contributed by atoms with Gasteiger partial charge in [-0.25, -0.2) is 0 Å². The van der Waals surface area contributed by atoms with Crippen molar-refractivity contribution in [3.05, 3.63) is 29.8 Å². The quantitative estimate of drug-likeness (QED) is 0.450. The van der Waals surface area contributed by atoms with E-state index in [2.05, 4.69) is 11.8 Å². The van der Waals surface area contributed by atoms with E-state index in [9.17, 15) is 4.79 Å². The van der Waals surface area contributed by atoms with E-state index < -0.39 is 0 Å². The molecule has 1 aromatic rings. The molecular formula is C16H24N2O2. The number of para-hydroxylation sites is 1. The summed E-state index contributed by atoms with van der Waals surface area (Å²) >= 11 is 0. The van der Waals surface area contributed by atoms with Gasteiger partial charge in [0.05, 0.1) is 13.2 Å². The number of esters is 1. The first-order valence-electron chi connectivity index (χ1n) is 7.43. The lowest BCUT2D eigenvalue weighted by molar-refractivity contribution is -0.145. The van der Waals surface area contributed by atoms with E-state index in [1.807, 2.05) is 24.3 Å². The Hall–Kier alpha value is -1.55. The number of hydrogen-bond acceptors (Lipinski definition) is 4. The molecule has 4 heteroatoms. The minimum absolute atomic E-state index is 0.125. The molecule has 2 N–H and O–H groups in total. The predicted octanol–water partition coefficient (Wildman–Crippen LogP) is 2.58. The summed E-state index contributed by atoms with van der Waals surface area (Å²) in [7, 11) is 0. The fourth-order valence-corrected chi connectivity index (χ4v) is 2.19. The van der Waals surface area contributed by atoms with Gasteiger partial charge in [0.1, 0.15) is 0 Å². The number of hydrogen-bond donors (Lipinski definition) is 1. The highest BCUT2D eigenvalue weighted by Gasteiger charge is 2.30. The molecule has 4 nitrogen and oxygen atoms in total. The number of ether oxygens (including phenoxy) is 1. The van der Waals surface area contributed by atoms with Gasteiger partial charge in [0, 0.05) is 18.3 Å². The molecule has 1 saturated carbocycles. The zero-order chi connectivity index (χ0) is 14.4. The monoisotopic (exact) mass is 276 g/mol. The van der Waals surface area contributed by atoms with E-state index >= 15 is 0 Å². The average Bonchev–Trinajstić information content (AvgIpc) is 3.25. The molecule has 1 aromatic carbocycles. The highest BCUT2D eigenvalue weighted by atomic mass is 16.5. The summed E-state index contributed by atoms with van der Waals surface area (Å²) in [5.41, 5.74) is 7.85. The molecule has 1 aliphatic carbocycles. The van der Waals surface area contributed by atoms with Crippen molar-refractivity contribution in [3.8, 4) is 0 Å². The second-order valence-corrected chi connectivity index (χ2v) is 5.41. The number of unbranched alkanes of at least 4 members (excludes halogenated alkanes) is 1. The van der Waals surface area contributed by atoms with Crippen molar-refractivity contribution in [2.75, 3.05) is 18.9 Å². The van der Waals surface area contributed by atoms with Gasteiger partial charge in [-0.1, -0.05) is 31.5 Å². The van der Waals surface area contributed by atoms with Gasteiger partial charge in [0.25, 0.3) is 0 Å². The molecule has 0 aliphatic heterocycles. The Kier molecular flexibility index (Phi) is 5.41. The van der Waals surface area contributed by atoms with Gasteiger partial charge in [-0.3, -0.25) is 9.69 Å². The standard InChI is InChI=1S/C16H24N2O2/c1-2-3-10-20-16(19)12-18(14-8-9-14)11-13-6-4-5-7-15(13)17/h4-7,14H,2-3,8-12,17H2,1H3. The van der Waals surface area contributed by atoms with Crippen LogP contribution < -0.4 is 5.73 Å². The van der Waals surface area contributed by atoms with E-state index in [0.29, 0.717) is 19.2 Å². The molecule has 0 radical (unpaired) electrons. The Labute approximate surface area is 120 Å². The molecule has 0 bridgehead atoms. The molecule has 0 saturated heterocycles. The van der Waals surface area contributed by atoms with Crippen LogP contribution in [-0.2, 0) is 16.1 Å². The third-order valence-electron chi connectivity index (χ3n) is 3.58. The average molecular weight is 276 g/mol. The highest BCUT2D eigenvalue weighted by Crippen LogP contribution is 2.29. The van der Waals surface area contributed by atoms with E-state index in [0.717, 1.165) is 43.5 Å². The Morgan fingerprint density at radius 3 is 2.80 bits per heavy atom. The number of benzene rings is 1. The van der Waals surface area contributed by atoms with Gasteiger partial charge in [0.15, 0.2) is 0 Å². The Bertz CT molecular complexity index is 444. The third-order valence-corrected chi connectivity index (χ3v) is 3.58. The van der Waals surface area contributed by atoms with E-state index in [-0.39, 0.29) is 5.97 Å². The first-order valence-corrected chi connectivity index (χ1v) is 7.43. The lowest BCUT2D eigenvalue weighted by atomic mass is 10.1. The van der Waals surface area contributed by atoms with Crippen molar-refractivity contribution in [3.63, 3.8) is 0 Å². The Morgan fingerprint density at radius 1 is 1.40 bits per heavy atom. The normalized spacial score (nSPS) is 14.5. The second kappa shape index (κ2) is 7.29. The van der Waals surface area contributed by atoms with Crippen LogP contribution in [0, 0.1) is 0 Å². The zero-order valence-corrected chi connectivity index (χ0v) is 12.2. The van der Waals surface area contributed by atoms with Crippen molar-refractivity contribution in [2.45, 2.75) is 45.2 Å². The van der Waals surface area contributed by atoms with Gasteiger partial charge in [-0.15, -0.1) is 0 Å². The minimum Gasteiger partial charge on any atom is -0.465 e. The minimum atomic E-state index is -0.125. The van der Waals surface area contributed by atoms with Crippen LogP contribution in [0.25, 0.3) is 0 Å². The number of carbonyl (C=O) groups is 1. The number of nitrogens with two attached hydrogens (primary N) is 1. The van der Waals surface area contributed by atoms with Crippen molar-refractivity contribution in [1.29, 1.82) is 0 Å². The van der Waals surface area contributed by atoms with Crippen molar-refractivity contribution >= 4 is 11.7 Å². The van der Waals surface area contributed by atoms with Crippen molar-refractivity contribution < 1.29 is 9.53 Å². The molecule has 0 heterocycles. The Morgan fingerprint density at radius 2 is 2.15 bits per heavy atom. The number of carbonyl (C=O) groups excluding carboxylic acids is 1. The molecule has 0 amide bonds. The van der Waals surface area contributed by atoms with Crippen LogP contribution in [0.15, 0.2) is 24.3 Å². The summed E-state index contributed by atoms with van der Waals surface area (Å²) in [6.07, 6.45) is 4.30. The predicted molar refractivity (Wildman–Crippen MR) is 80.2 cm³/mol. The molecular weight excluding hydrogens is 252 g/mol. The first kappa shape index (κ1) is 14.9. The van der Waals surface area contributed by atoms with Crippen LogP contribution in [0.4, 0.5) is 5.69 Å². The van der Waals surface area contributed by atoms with Gasteiger partial charge < -0.3 is 10.5 Å². The molecule has 0 spiro atoms. The van der Waals surface area contributed by atoms with Crippen LogP contribution in [0.3, 0.4) is 0 Å². The maximum Gasteiger partial charge on any atom is 0.320 e. The van der Waals surface area contributed by atoms with Gasteiger partial charge in [-0.05, 0) is 30.9 Å². The number of rotatable bonds is 8.